The van der Waals surface area contributed by atoms with Crippen LogP contribution in [0, 0.1) is 0 Å². The molecular formula is C16H24N2O2. The van der Waals surface area contributed by atoms with Crippen molar-refractivity contribution < 1.29 is 9.53 Å². The molecule has 110 valence electrons. The quantitative estimate of drug-likeness (QED) is 0.794. The SMILES string of the molecule is COc1cccc(N2CCCN(C)CC2C)c1C(C)=O. The van der Waals surface area contributed by atoms with Crippen molar-refractivity contribution in [2.45, 2.75) is 26.3 Å². The van der Waals surface area contributed by atoms with Crippen molar-refractivity contribution in [3.8, 4) is 5.75 Å². The Bertz CT molecular complexity index is 487. The van der Waals surface area contributed by atoms with E-state index in [1.54, 1.807) is 14.0 Å². The van der Waals surface area contributed by atoms with E-state index in [1.807, 2.05) is 18.2 Å². The minimum atomic E-state index is 0.0576. The third-order valence-electron chi connectivity index (χ3n) is 3.93. The van der Waals surface area contributed by atoms with Crippen LogP contribution in [0.1, 0.15) is 30.6 Å². The highest BCUT2D eigenvalue weighted by Gasteiger charge is 2.24. The van der Waals surface area contributed by atoms with Crippen LogP contribution in [0.25, 0.3) is 0 Å². The van der Waals surface area contributed by atoms with Gasteiger partial charge >= 0.3 is 0 Å². The van der Waals surface area contributed by atoms with E-state index >= 15 is 0 Å². The maximum Gasteiger partial charge on any atom is 0.165 e. The van der Waals surface area contributed by atoms with Gasteiger partial charge in [0.15, 0.2) is 5.78 Å². The first-order chi connectivity index (χ1) is 9.54. The number of carbonyl (C=O) groups is 1. The summed E-state index contributed by atoms with van der Waals surface area (Å²) < 4.78 is 5.37. The molecule has 1 aliphatic rings. The molecule has 0 amide bonds. The Morgan fingerprint density at radius 1 is 1.35 bits per heavy atom. The van der Waals surface area contributed by atoms with E-state index in [4.69, 9.17) is 4.74 Å². The van der Waals surface area contributed by atoms with Crippen molar-refractivity contribution in [3.05, 3.63) is 23.8 Å². The number of Topliss-reactive ketones (excluding diaryl/α,β-unsaturated/α-hetero) is 1. The number of likely N-dealkylation sites (N-methyl/N-ethyl adjacent to an activating group) is 1. The van der Waals surface area contributed by atoms with Crippen LogP contribution in [0.15, 0.2) is 18.2 Å². The second-order valence-electron chi connectivity index (χ2n) is 5.57. The van der Waals surface area contributed by atoms with E-state index in [2.05, 4.69) is 23.8 Å². The van der Waals surface area contributed by atoms with Gasteiger partial charge in [-0.05, 0) is 46.0 Å². The average Bonchev–Trinajstić information content (AvgIpc) is 2.58. The topological polar surface area (TPSA) is 32.8 Å². The van der Waals surface area contributed by atoms with Gasteiger partial charge in [-0.1, -0.05) is 6.07 Å². The van der Waals surface area contributed by atoms with E-state index in [1.165, 1.54) is 0 Å². The molecule has 1 aromatic carbocycles. The second kappa shape index (κ2) is 6.27. The highest BCUT2D eigenvalue weighted by atomic mass is 16.5. The fourth-order valence-corrected chi connectivity index (χ4v) is 3.01. The lowest BCUT2D eigenvalue weighted by atomic mass is 10.1. The van der Waals surface area contributed by atoms with Gasteiger partial charge in [-0.3, -0.25) is 4.79 Å². The van der Waals surface area contributed by atoms with E-state index in [9.17, 15) is 4.79 Å². The van der Waals surface area contributed by atoms with Gasteiger partial charge in [-0.2, -0.15) is 0 Å². The zero-order valence-corrected chi connectivity index (χ0v) is 12.8. The van der Waals surface area contributed by atoms with Crippen molar-refractivity contribution in [3.63, 3.8) is 0 Å². The molecular weight excluding hydrogens is 252 g/mol. The van der Waals surface area contributed by atoms with Crippen molar-refractivity contribution in [1.29, 1.82) is 0 Å². The fourth-order valence-electron chi connectivity index (χ4n) is 3.01. The van der Waals surface area contributed by atoms with Crippen molar-refractivity contribution >= 4 is 11.5 Å². The first kappa shape index (κ1) is 14.9. The van der Waals surface area contributed by atoms with Crippen LogP contribution in [-0.2, 0) is 0 Å². The van der Waals surface area contributed by atoms with E-state index in [-0.39, 0.29) is 5.78 Å². The Morgan fingerprint density at radius 3 is 2.75 bits per heavy atom. The molecule has 2 rings (SSSR count). The number of nitrogens with zero attached hydrogens (tertiary/aromatic N) is 2. The van der Waals surface area contributed by atoms with Gasteiger partial charge in [-0.15, -0.1) is 0 Å². The molecule has 0 N–H and O–H groups in total. The zero-order chi connectivity index (χ0) is 14.7. The summed E-state index contributed by atoms with van der Waals surface area (Å²) in [5.41, 5.74) is 1.70. The van der Waals surface area contributed by atoms with Crippen LogP contribution < -0.4 is 9.64 Å². The normalized spacial score (nSPS) is 20.6. The molecule has 0 spiro atoms. The molecule has 1 unspecified atom stereocenters. The maximum absolute atomic E-state index is 12.0. The number of hydrogen-bond acceptors (Lipinski definition) is 4. The third-order valence-corrected chi connectivity index (χ3v) is 3.93. The van der Waals surface area contributed by atoms with Crippen LogP contribution >= 0.6 is 0 Å². The molecule has 1 aliphatic heterocycles. The molecule has 0 aliphatic carbocycles. The van der Waals surface area contributed by atoms with Gasteiger partial charge in [0.2, 0.25) is 0 Å². The molecule has 1 aromatic rings. The smallest absolute Gasteiger partial charge is 0.165 e. The van der Waals surface area contributed by atoms with Crippen molar-refractivity contribution in [1.82, 2.24) is 4.90 Å². The van der Waals surface area contributed by atoms with Gasteiger partial charge in [0, 0.05) is 19.1 Å². The molecule has 0 bridgehead atoms. The van der Waals surface area contributed by atoms with Crippen molar-refractivity contribution in [2.75, 3.05) is 38.7 Å². The molecule has 20 heavy (non-hydrogen) atoms. The summed E-state index contributed by atoms with van der Waals surface area (Å²) >= 11 is 0. The molecule has 4 nitrogen and oxygen atoms in total. The number of ketones is 1. The van der Waals surface area contributed by atoms with Gasteiger partial charge in [-0.25, -0.2) is 0 Å². The number of ether oxygens (including phenoxy) is 1. The van der Waals surface area contributed by atoms with Crippen molar-refractivity contribution in [2.24, 2.45) is 0 Å². The van der Waals surface area contributed by atoms with Crippen LogP contribution in [0.3, 0.4) is 0 Å². The summed E-state index contributed by atoms with van der Waals surface area (Å²) in [5.74, 6) is 0.724. The summed E-state index contributed by atoms with van der Waals surface area (Å²) in [5, 5.41) is 0. The highest BCUT2D eigenvalue weighted by molar-refractivity contribution is 6.02. The van der Waals surface area contributed by atoms with Crippen LogP contribution in [0.5, 0.6) is 5.75 Å². The lowest BCUT2D eigenvalue weighted by Crippen LogP contribution is -2.38. The predicted molar refractivity (Wildman–Crippen MR) is 81.9 cm³/mol. The number of anilines is 1. The minimum absolute atomic E-state index is 0.0576. The zero-order valence-electron chi connectivity index (χ0n) is 12.8. The Balaban J connectivity index is 2.43. The number of rotatable bonds is 3. The third kappa shape index (κ3) is 2.96. The molecule has 1 atom stereocenters. The molecule has 1 saturated heterocycles. The van der Waals surface area contributed by atoms with Crippen LogP contribution in [0.2, 0.25) is 0 Å². The first-order valence-corrected chi connectivity index (χ1v) is 7.17. The van der Waals surface area contributed by atoms with Crippen LogP contribution in [0.4, 0.5) is 5.69 Å². The maximum atomic E-state index is 12.0. The summed E-state index contributed by atoms with van der Waals surface area (Å²) in [6.45, 7) is 6.90. The Morgan fingerprint density at radius 2 is 2.10 bits per heavy atom. The molecule has 0 aromatic heterocycles. The largest absolute Gasteiger partial charge is 0.496 e. The lowest BCUT2D eigenvalue weighted by Gasteiger charge is -2.32. The minimum Gasteiger partial charge on any atom is -0.496 e. The van der Waals surface area contributed by atoms with Crippen LogP contribution in [-0.4, -0.2) is 50.5 Å². The Hall–Kier alpha value is -1.55. The van der Waals surface area contributed by atoms with Gasteiger partial charge in [0.25, 0.3) is 0 Å². The van der Waals surface area contributed by atoms with Gasteiger partial charge < -0.3 is 14.5 Å². The predicted octanol–water partition coefficient (Wildman–Crippen LogP) is 2.43. The molecule has 1 heterocycles. The van der Waals surface area contributed by atoms with Gasteiger partial charge in [0.1, 0.15) is 5.75 Å². The second-order valence-corrected chi connectivity index (χ2v) is 5.57. The van der Waals surface area contributed by atoms with E-state index in [0.29, 0.717) is 17.4 Å². The van der Waals surface area contributed by atoms with Gasteiger partial charge in [0.05, 0.1) is 18.4 Å². The van der Waals surface area contributed by atoms with E-state index < -0.39 is 0 Å². The summed E-state index contributed by atoms with van der Waals surface area (Å²) in [4.78, 5) is 16.7. The number of methoxy groups -OCH3 is 1. The summed E-state index contributed by atoms with van der Waals surface area (Å²) in [7, 11) is 3.77. The standard InChI is InChI=1S/C16H24N2O2/c1-12-11-17(3)9-6-10-18(12)14-7-5-8-15(20-4)16(14)13(2)19/h5,7-8,12H,6,9-11H2,1-4H3. The monoisotopic (exact) mass is 276 g/mol. The fraction of sp³-hybridized carbons (Fsp3) is 0.562. The molecule has 4 heteroatoms. The first-order valence-electron chi connectivity index (χ1n) is 7.17. The summed E-state index contributed by atoms with van der Waals surface area (Å²) in [6, 6.07) is 6.23. The Kier molecular flexibility index (Phi) is 4.65. The molecule has 0 radical (unpaired) electrons. The number of benzene rings is 1. The Labute approximate surface area is 121 Å². The molecule has 0 saturated carbocycles. The average molecular weight is 276 g/mol. The summed E-state index contributed by atoms with van der Waals surface area (Å²) in [6.07, 6.45) is 1.11. The highest BCUT2D eigenvalue weighted by Crippen LogP contribution is 2.31. The number of carbonyl (C=O) groups excluding carboxylic acids is 1. The lowest BCUT2D eigenvalue weighted by molar-refractivity contribution is 0.101. The molecule has 1 fully saturated rings. The number of hydrogen-bond donors (Lipinski definition) is 0. The van der Waals surface area contributed by atoms with E-state index in [0.717, 1.165) is 31.7 Å².